The number of carboxylic acids is 2. The lowest BCUT2D eigenvalue weighted by Crippen LogP contribution is -2.98. The third kappa shape index (κ3) is 12.0. The maximum atomic E-state index is 12.7. The molecule has 2 aromatic rings. The molecule has 0 amide bonds. The predicted octanol–water partition coefficient (Wildman–Crippen LogP) is 1.26. The van der Waals surface area contributed by atoms with E-state index in [9.17, 15) is 39.6 Å². The second kappa shape index (κ2) is 21.2. The van der Waals surface area contributed by atoms with Crippen molar-refractivity contribution in [2.75, 3.05) is 26.2 Å². The van der Waals surface area contributed by atoms with Crippen molar-refractivity contribution in [2.45, 2.75) is 178 Å². The van der Waals surface area contributed by atoms with E-state index < -0.39 is 62.5 Å². The van der Waals surface area contributed by atoms with Crippen molar-refractivity contribution >= 4 is 40.1 Å². The number of hydrogen-bond donors (Lipinski definition) is 6. The van der Waals surface area contributed by atoms with Crippen molar-refractivity contribution in [3.63, 3.8) is 0 Å². The van der Waals surface area contributed by atoms with Gasteiger partial charge in [0.05, 0.1) is 49.3 Å². The quantitative estimate of drug-likeness (QED) is 0.106. The Morgan fingerprint density at radius 1 is 0.594 bits per heavy atom. The second-order valence-electron chi connectivity index (χ2n) is 21.4. The number of carbonyl (C=O) groups excluding carboxylic acids is 4. The lowest BCUT2D eigenvalue weighted by molar-refractivity contribution is -0.701. The zero-order valence-electron chi connectivity index (χ0n) is 40.5. The van der Waals surface area contributed by atoms with E-state index in [0.717, 1.165) is 49.4 Å². The first-order valence-electron chi connectivity index (χ1n) is 23.2. The third-order valence-electron chi connectivity index (χ3n) is 14.7. The summed E-state index contributed by atoms with van der Waals surface area (Å²) in [5, 5.41) is 57.5. The standard InChI is InChI=1S/C20H18O8.2C14H30N2OSi/c1-11-3-7-13(8-4-11)15(21)19(27,17(23)24)20(28,18(25)26)16(22)14-9-5-12(2)6-10-14;2*1-14(2,3)18(4,5)17-12-8-6-7-11-13(12)16-10-9-15-11/h3-10,27-28H,1-2H3,(H,23,24)(H,25,26);2*11-13,15-16H,6-10H2,1-5H3/t19-,20-;2*11-,12+,13-/m100/s1. The Morgan fingerprint density at radius 2 is 0.906 bits per heavy atom. The lowest BCUT2D eigenvalue weighted by Gasteiger charge is -2.46. The summed E-state index contributed by atoms with van der Waals surface area (Å²) in [6, 6.07) is 12.7. The number of nitrogens with two attached hydrogens (primary N) is 2. The Balaban J connectivity index is 0.000000219. The number of aliphatic hydroxyl groups is 2. The zero-order chi connectivity index (χ0) is 48.1. The number of aryl methyl sites for hydroxylation is 2. The molecule has 6 rings (SSSR count). The molecule has 358 valence electrons. The maximum absolute atomic E-state index is 12.7. The Labute approximate surface area is 383 Å². The number of fused-ring (bicyclic) bond motifs is 2. The van der Waals surface area contributed by atoms with Gasteiger partial charge in [-0.25, -0.2) is 0 Å². The van der Waals surface area contributed by atoms with E-state index >= 15 is 0 Å². The molecule has 0 bridgehead atoms. The first-order chi connectivity index (χ1) is 29.6. The van der Waals surface area contributed by atoms with Crippen molar-refractivity contribution in [2.24, 2.45) is 0 Å². The second-order valence-corrected chi connectivity index (χ2v) is 30.9. The fourth-order valence-electron chi connectivity index (χ4n) is 8.58. The molecule has 8 atom stereocenters. The maximum Gasteiger partial charge on any atom is 0.209 e. The van der Waals surface area contributed by atoms with Gasteiger partial charge in [-0.3, -0.25) is 9.59 Å². The van der Waals surface area contributed by atoms with Gasteiger partial charge in [0.25, 0.3) is 0 Å². The van der Waals surface area contributed by atoms with Crippen molar-refractivity contribution in [3.8, 4) is 0 Å². The molecule has 0 radical (unpaired) electrons. The largest absolute Gasteiger partial charge is 0.546 e. The fourth-order valence-corrected chi connectivity index (χ4v) is 11.3. The topological polar surface area (TPSA) is 231 Å². The van der Waals surface area contributed by atoms with Crippen molar-refractivity contribution in [1.29, 1.82) is 0 Å². The molecule has 8 N–H and O–H groups in total. The number of carboxylic acid groups (broad SMARTS) is 2. The minimum absolute atomic E-state index is 0.318. The summed E-state index contributed by atoms with van der Waals surface area (Å²) in [6.07, 6.45) is 8.76. The van der Waals surface area contributed by atoms with Gasteiger partial charge in [0.15, 0.2) is 16.6 Å². The Hall–Kier alpha value is -3.17. The number of hydrogen-bond acceptors (Lipinski definition) is 12. The van der Waals surface area contributed by atoms with Crippen LogP contribution in [0.5, 0.6) is 0 Å². The number of carbonyl (C=O) groups is 4. The number of benzene rings is 2. The number of ketones is 2. The molecule has 0 spiro atoms. The van der Waals surface area contributed by atoms with Crippen LogP contribution in [-0.4, -0.2) is 124 Å². The first kappa shape index (κ1) is 53.4. The highest BCUT2D eigenvalue weighted by molar-refractivity contribution is 6.74. The van der Waals surface area contributed by atoms with E-state index in [-0.39, 0.29) is 0 Å². The minimum atomic E-state index is -4.14. The molecule has 2 aromatic carbocycles. The molecule has 16 heteroatoms. The van der Waals surface area contributed by atoms with Gasteiger partial charge >= 0.3 is 0 Å². The molecule has 2 saturated heterocycles. The van der Waals surface area contributed by atoms with E-state index in [2.05, 4.69) is 89.0 Å². The van der Waals surface area contributed by atoms with Gasteiger partial charge in [-0.2, -0.15) is 0 Å². The molecular formula is C48H78N4O10Si2. The van der Waals surface area contributed by atoms with Crippen LogP contribution in [0.3, 0.4) is 0 Å². The Kier molecular flexibility index (Phi) is 17.7. The number of rotatable bonds is 11. The molecule has 4 aliphatic rings. The van der Waals surface area contributed by atoms with E-state index in [1.165, 1.54) is 75.9 Å². The Morgan fingerprint density at radius 3 is 1.19 bits per heavy atom. The number of nitrogens with one attached hydrogen (secondary N) is 2. The third-order valence-corrected chi connectivity index (χ3v) is 23.7. The van der Waals surface area contributed by atoms with Crippen molar-refractivity contribution in [1.82, 2.24) is 10.6 Å². The first-order valence-corrected chi connectivity index (χ1v) is 29.0. The van der Waals surface area contributed by atoms with Gasteiger partial charge in [0.2, 0.25) is 22.8 Å². The van der Waals surface area contributed by atoms with Crippen LogP contribution in [0.1, 0.15) is 112 Å². The molecule has 4 fully saturated rings. The summed E-state index contributed by atoms with van der Waals surface area (Å²) in [5.74, 6) is -8.80. The molecule has 2 saturated carbocycles. The van der Waals surface area contributed by atoms with Crippen LogP contribution >= 0.6 is 0 Å². The molecule has 2 aliphatic carbocycles. The summed E-state index contributed by atoms with van der Waals surface area (Å²) >= 11 is 0. The molecule has 0 aromatic heterocycles. The highest BCUT2D eigenvalue weighted by Crippen LogP contribution is 2.40. The number of Topliss-reactive ketones (excluding diaryl/α,β-unsaturated/α-hetero) is 2. The van der Waals surface area contributed by atoms with E-state index in [0.29, 0.717) is 45.5 Å². The van der Waals surface area contributed by atoms with E-state index in [1.807, 2.05) is 0 Å². The van der Waals surface area contributed by atoms with Gasteiger partial charge < -0.3 is 60.1 Å². The molecule has 2 heterocycles. The molecule has 64 heavy (non-hydrogen) atoms. The normalized spacial score (nSPS) is 25.8. The van der Waals surface area contributed by atoms with Crippen LogP contribution in [0, 0.1) is 13.8 Å². The van der Waals surface area contributed by atoms with E-state index in [4.69, 9.17) is 8.85 Å². The van der Waals surface area contributed by atoms with Crippen LogP contribution in [0.2, 0.25) is 36.3 Å². The monoisotopic (exact) mass is 927 g/mol. The van der Waals surface area contributed by atoms with Crippen LogP contribution in [-0.2, 0) is 18.4 Å². The highest BCUT2D eigenvalue weighted by atomic mass is 28.4. The zero-order valence-corrected chi connectivity index (χ0v) is 42.5. The van der Waals surface area contributed by atoms with Gasteiger partial charge in [-0.1, -0.05) is 101 Å². The van der Waals surface area contributed by atoms with Gasteiger partial charge in [-0.05, 0) is 75.8 Å². The number of aliphatic carboxylic acids is 2. The van der Waals surface area contributed by atoms with Gasteiger partial charge in [0, 0.05) is 37.1 Å². The van der Waals surface area contributed by atoms with Crippen LogP contribution in [0.15, 0.2) is 48.5 Å². The van der Waals surface area contributed by atoms with Crippen LogP contribution < -0.4 is 31.5 Å². The van der Waals surface area contributed by atoms with Gasteiger partial charge in [0.1, 0.15) is 12.1 Å². The number of quaternary nitrogens is 2. The smallest absolute Gasteiger partial charge is 0.209 e. The van der Waals surface area contributed by atoms with E-state index in [1.54, 1.807) is 13.8 Å². The van der Waals surface area contributed by atoms with Gasteiger partial charge in [-0.15, -0.1) is 0 Å². The fraction of sp³-hybridized carbons (Fsp3) is 0.667. The van der Waals surface area contributed by atoms with Crippen LogP contribution in [0.25, 0.3) is 0 Å². The molecule has 2 aliphatic heterocycles. The number of piperazine rings is 2. The van der Waals surface area contributed by atoms with Crippen molar-refractivity contribution < 1.29 is 59.1 Å². The molecule has 0 unspecified atom stereocenters. The lowest BCUT2D eigenvalue weighted by atomic mass is 9.73. The molecular weight excluding hydrogens is 849 g/mol. The predicted molar refractivity (Wildman–Crippen MR) is 248 cm³/mol. The molecule has 14 nitrogen and oxygen atoms in total. The summed E-state index contributed by atoms with van der Waals surface area (Å²) < 4.78 is 13.3. The summed E-state index contributed by atoms with van der Waals surface area (Å²) in [4.78, 5) is 48.7. The summed E-state index contributed by atoms with van der Waals surface area (Å²) in [5.41, 5.74) is -7.81. The average Bonchev–Trinajstić information content (AvgIpc) is 3.22. The minimum Gasteiger partial charge on any atom is -0.546 e. The highest BCUT2D eigenvalue weighted by Gasteiger charge is 2.62. The average molecular weight is 927 g/mol. The van der Waals surface area contributed by atoms with Crippen LogP contribution in [0.4, 0.5) is 0 Å². The summed E-state index contributed by atoms with van der Waals surface area (Å²) in [6.45, 7) is 31.6. The SMILES string of the molecule is CC(C)(C)[Si](C)(C)O[C@@H]1CCC[C@@H]2[NH2+]CCN[C@@H]21.CC(C)(C)[Si](C)(C)O[C@@H]1CCC[C@@H]2[NH2+]CCN[C@@H]21.Cc1ccc(C(=O)[C@@](O)(C(=O)[O-])[C@](O)(C(=O)[O-])C(=O)c2ccc(C)cc2)cc1. The summed E-state index contributed by atoms with van der Waals surface area (Å²) in [7, 11) is -3.25. The Bertz CT molecular complexity index is 1770. The van der Waals surface area contributed by atoms with Crippen molar-refractivity contribution in [3.05, 3.63) is 70.8 Å².